The smallest absolute Gasteiger partial charge is 0.414 e. The highest BCUT2D eigenvalue weighted by Gasteiger charge is 2.20. The molecule has 2 heterocycles. The van der Waals surface area contributed by atoms with Gasteiger partial charge in [-0.1, -0.05) is 54.1 Å². The van der Waals surface area contributed by atoms with Gasteiger partial charge in [0.15, 0.2) is 0 Å². The zero-order chi connectivity index (χ0) is 25.0. The predicted molar refractivity (Wildman–Crippen MR) is 132 cm³/mol. The van der Waals surface area contributed by atoms with Gasteiger partial charge < -0.3 is 19.8 Å². The maximum atomic E-state index is 9.10. The maximum Gasteiger partial charge on any atom is 0.414 e. The number of carbonyl (C=O) groups is 2. The molecule has 0 amide bonds. The monoisotopic (exact) mass is 498 g/mol. The second-order valence-electron chi connectivity index (χ2n) is 7.70. The summed E-state index contributed by atoms with van der Waals surface area (Å²) in [4.78, 5) is 31.6. The Bertz CT molecular complexity index is 1050. The van der Waals surface area contributed by atoms with Gasteiger partial charge in [0.25, 0.3) is 0 Å². The molecule has 0 saturated carbocycles. The number of carboxylic acid groups (broad SMARTS) is 2. The molecule has 0 spiro atoms. The summed E-state index contributed by atoms with van der Waals surface area (Å²) in [5, 5.41) is 15.5. The van der Waals surface area contributed by atoms with Crippen LogP contribution in [0.1, 0.15) is 17.2 Å². The van der Waals surface area contributed by atoms with Crippen molar-refractivity contribution in [2.75, 3.05) is 44.2 Å². The Labute approximate surface area is 208 Å². The van der Waals surface area contributed by atoms with Crippen LogP contribution in [0.2, 0.25) is 5.02 Å². The van der Waals surface area contributed by atoms with Crippen LogP contribution in [0.5, 0.6) is 0 Å². The third-order valence-corrected chi connectivity index (χ3v) is 5.61. The number of aromatic nitrogens is 2. The van der Waals surface area contributed by atoms with Crippen LogP contribution in [0, 0.1) is 0 Å². The molecule has 4 rings (SSSR count). The Kier molecular flexibility index (Phi) is 9.97. The van der Waals surface area contributed by atoms with E-state index in [1.807, 2.05) is 48.5 Å². The molecule has 1 aliphatic rings. The summed E-state index contributed by atoms with van der Waals surface area (Å²) in [5.74, 6) is -2.83. The van der Waals surface area contributed by atoms with Crippen molar-refractivity contribution in [1.82, 2.24) is 14.9 Å². The van der Waals surface area contributed by atoms with E-state index in [4.69, 9.17) is 36.1 Å². The van der Waals surface area contributed by atoms with Crippen LogP contribution in [0.25, 0.3) is 0 Å². The van der Waals surface area contributed by atoms with Crippen LogP contribution < -0.4 is 4.90 Å². The minimum atomic E-state index is -1.82. The van der Waals surface area contributed by atoms with E-state index >= 15 is 0 Å². The van der Waals surface area contributed by atoms with Gasteiger partial charge in [0.1, 0.15) is 6.10 Å². The van der Waals surface area contributed by atoms with Crippen LogP contribution in [-0.2, 0) is 14.3 Å². The van der Waals surface area contributed by atoms with E-state index in [1.165, 1.54) is 0 Å². The first-order valence-corrected chi connectivity index (χ1v) is 11.4. The standard InChI is InChI=1S/C23H25ClN4O.C2H2O4/c24-21-9-7-20(8-10-21)22(19-5-2-1-3-6-19)29-18-17-27-13-15-28(16-14-27)23-25-11-4-12-26-23;3-1(4)2(5)6/h1-12,22H,13-18H2;(H,3,4)(H,5,6). The second kappa shape index (κ2) is 13.4. The lowest BCUT2D eigenvalue weighted by Gasteiger charge is -2.34. The molecule has 35 heavy (non-hydrogen) atoms. The Balaban J connectivity index is 0.000000509. The number of rotatable bonds is 7. The van der Waals surface area contributed by atoms with E-state index in [0.29, 0.717) is 6.61 Å². The van der Waals surface area contributed by atoms with E-state index in [1.54, 1.807) is 12.4 Å². The van der Waals surface area contributed by atoms with E-state index in [2.05, 4.69) is 31.9 Å². The van der Waals surface area contributed by atoms with Gasteiger partial charge in [-0.05, 0) is 29.3 Å². The highest BCUT2D eigenvalue weighted by molar-refractivity contribution is 6.30. The molecule has 184 valence electrons. The Morgan fingerprint density at radius 3 is 2.00 bits per heavy atom. The van der Waals surface area contributed by atoms with Gasteiger partial charge in [-0.25, -0.2) is 19.6 Å². The summed E-state index contributed by atoms with van der Waals surface area (Å²) in [5.41, 5.74) is 2.27. The third kappa shape index (κ3) is 8.32. The quantitative estimate of drug-likeness (QED) is 0.473. The van der Waals surface area contributed by atoms with Crippen molar-refractivity contribution >= 4 is 29.5 Å². The van der Waals surface area contributed by atoms with Crippen molar-refractivity contribution in [3.8, 4) is 0 Å². The van der Waals surface area contributed by atoms with Gasteiger partial charge in [-0.15, -0.1) is 0 Å². The first kappa shape index (κ1) is 26.1. The average Bonchev–Trinajstić information content (AvgIpc) is 2.89. The Hall–Kier alpha value is -3.53. The van der Waals surface area contributed by atoms with E-state index in [0.717, 1.165) is 54.8 Å². The van der Waals surface area contributed by atoms with Crippen molar-refractivity contribution in [2.45, 2.75) is 6.10 Å². The van der Waals surface area contributed by atoms with Crippen molar-refractivity contribution < 1.29 is 24.5 Å². The number of carboxylic acids is 2. The molecule has 2 aromatic carbocycles. The third-order valence-electron chi connectivity index (χ3n) is 5.36. The van der Waals surface area contributed by atoms with Gasteiger partial charge in [0.05, 0.1) is 6.61 Å². The van der Waals surface area contributed by atoms with E-state index in [-0.39, 0.29) is 6.10 Å². The number of anilines is 1. The zero-order valence-corrected chi connectivity index (χ0v) is 19.8. The topological polar surface area (TPSA) is 116 Å². The fourth-order valence-corrected chi connectivity index (χ4v) is 3.70. The largest absolute Gasteiger partial charge is 0.473 e. The molecule has 3 aromatic rings. The number of aliphatic carboxylic acids is 2. The number of benzene rings is 2. The number of nitrogens with zero attached hydrogens (tertiary/aromatic N) is 4. The highest BCUT2D eigenvalue weighted by atomic mass is 35.5. The molecule has 0 aliphatic carbocycles. The number of hydrogen-bond donors (Lipinski definition) is 2. The Morgan fingerprint density at radius 2 is 1.43 bits per heavy atom. The number of ether oxygens (including phenoxy) is 1. The zero-order valence-electron chi connectivity index (χ0n) is 19.0. The molecule has 9 nitrogen and oxygen atoms in total. The van der Waals surface area contributed by atoms with Crippen molar-refractivity contribution in [3.05, 3.63) is 89.2 Å². The fourth-order valence-electron chi connectivity index (χ4n) is 3.58. The van der Waals surface area contributed by atoms with Crippen LogP contribution >= 0.6 is 11.6 Å². The summed E-state index contributed by atoms with van der Waals surface area (Å²) < 4.78 is 6.35. The Morgan fingerprint density at radius 1 is 0.857 bits per heavy atom. The lowest BCUT2D eigenvalue weighted by atomic mass is 10.0. The first-order chi connectivity index (χ1) is 16.9. The van der Waals surface area contributed by atoms with Gasteiger partial charge >= 0.3 is 11.9 Å². The first-order valence-electron chi connectivity index (χ1n) is 11.1. The van der Waals surface area contributed by atoms with Gasteiger partial charge in [-0.3, -0.25) is 4.90 Å². The highest BCUT2D eigenvalue weighted by Crippen LogP contribution is 2.27. The minimum Gasteiger partial charge on any atom is -0.473 e. The fraction of sp³-hybridized carbons (Fsp3) is 0.280. The maximum absolute atomic E-state index is 9.10. The normalized spacial score (nSPS) is 14.5. The van der Waals surface area contributed by atoms with Gasteiger partial charge in [-0.2, -0.15) is 0 Å². The molecule has 0 radical (unpaired) electrons. The number of hydrogen-bond acceptors (Lipinski definition) is 7. The molecule has 1 fully saturated rings. The average molecular weight is 499 g/mol. The van der Waals surface area contributed by atoms with Gasteiger partial charge in [0.2, 0.25) is 5.95 Å². The molecule has 1 saturated heterocycles. The lowest BCUT2D eigenvalue weighted by molar-refractivity contribution is -0.159. The molecular weight excluding hydrogens is 472 g/mol. The summed E-state index contributed by atoms with van der Waals surface area (Å²) in [7, 11) is 0. The number of piperazine rings is 1. The second-order valence-corrected chi connectivity index (χ2v) is 8.14. The van der Waals surface area contributed by atoms with Crippen molar-refractivity contribution in [2.24, 2.45) is 0 Å². The van der Waals surface area contributed by atoms with Gasteiger partial charge in [0, 0.05) is 50.1 Å². The SMILES string of the molecule is Clc1ccc(C(OCCN2CCN(c3ncccn3)CC2)c2ccccc2)cc1.O=C(O)C(=O)O. The van der Waals surface area contributed by atoms with E-state index < -0.39 is 11.9 Å². The lowest BCUT2D eigenvalue weighted by Crippen LogP contribution is -2.47. The molecule has 10 heteroatoms. The summed E-state index contributed by atoms with van der Waals surface area (Å²) in [6, 6.07) is 20.1. The summed E-state index contributed by atoms with van der Waals surface area (Å²) in [6.07, 6.45) is 3.50. The van der Waals surface area contributed by atoms with E-state index in [9.17, 15) is 0 Å². The van der Waals surface area contributed by atoms with Crippen LogP contribution in [0.15, 0.2) is 73.1 Å². The molecule has 1 unspecified atom stereocenters. The minimum absolute atomic E-state index is 0.0903. The molecule has 0 bridgehead atoms. The number of halogens is 1. The summed E-state index contributed by atoms with van der Waals surface area (Å²) in [6.45, 7) is 5.41. The van der Waals surface area contributed by atoms with Crippen molar-refractivity contribution in [3.63, 3.8) is 0 Å². The molecule has 1 aromatic heterocycles. The molecule has 1 atom stereocenters. The van der Waals surface area contributed by atoms with Crippen LogP contribution in [0.4, 0.5) is 5.95 Å². The molecule has 1 aliphatic heterocycles. The van der Waals surface area contributed by atoms with Crippen LogP contribution in [0.3, 0.4) is 0 Å². The summed E-state index contributed by atoms with van der Waals surface area (Å²) >= 11 is 6.06. The molecular formula is C25H27ClN4O5. The van der Waals surface area contributed by atoms with Crippen molar-refractivity contribution in [1.29, 1.82) is 0 Å². The van der Waals surface area contributed by atoms with Crippen LogP contribution in [-0.4, -0.2) is 76.4 Å². The molecule has 2 N–H and O–H groups in total. The predicted octanol–water partition coefficient (Wildman–Crippen LogP) is 3.21.